The highest BCUT2D eigenvalue weighted by Gasteiger charge is 2.28. The Morgan fingerprint density at radius 1 is 1.04 bits per heavy atom. The molecule has 0 saturated carbocycles. The lowest BCUT2D eigenvalue weighted by atomic mass is 10.2. The van der Waals surface area contributed by atoms with Gasteiger partial charge in [0, 0.05) is 38.1 Å². The minimum absolute atomic E-state index is 0.286. The number of benzene rings is 1. The molecule has 23 heavy (non-hydrogen) atoms. The zero-order chi connectivity index (χ0) is 16.4. The van der Waals surface area contributed by atoms with Crippen LogP contribution in [0.4, 0.5) is 11.5 Å². The number of nitrogens with two attached hydrogens (primary N) is 1. The maximum Gasteiger partial charge on any atom is 0.243 e. The lowest BCUT2D eigenvalue weighted by Crippen LogP contribution is -2.48. The molecule has 1 saturated heterocycles. The first-order valence-corrected chi connectivity index (χ1v) is 8.94. The zero-order valence-corrected chi connectivity index (χ0v) is 13.8. The molecule has 6 nitrogen and oxygen atoms in total. The molecule has 0 amide bonds. The van der Waals surface area contributed by atoms with E-state index in [1.165, 1.54) is 4.31 Å². The van der Waals surface area contributed by atoms with Crippen LogP contribution in [-0.2, 0) is 10.0 Å². The summed E-state index contributed by atoms with van der Waals surface area (Å²) in [5.41, 5.74) is 7.32. The number of anilines is 2. The quantitative estimate of drug-likeness (QED) is 0.861. The third kappa shape index (κ3) is 3.30. The molecule has 2 heterocycles. The number of piperazine rings is 1. The highest BCUT2D eigenvalue weighted by Crippen LogP contribution is 2.21. The minimum Gasteiger partial charge on any atom is -0.399 e. The van der Waals surface area contributed by atoms with E-state index in [-0.39, 0.29) is 4.90 Å². The lowest BCUT2D eigenvalue weighted by Gasteiger charge is -2.34. The van der Waals surface area contributed by atoms with Gasteiger partial charge < -0.3 is 10.6 Å². The molecule has 1 aliphatic rings. The normalized spacial score (nSPS) is 16.5. The molecule has 1 fully saturated rings. The third-order valence-electron chi connectivity index (χ3n) is 3.98. The Kier molecular flexibility index (Phi) is 4.23. The molecular formula is C16H20N4O2S. The van der Waals surface area contributed by atoms with E-state index in [1.807, 2.05) is 19.1 Å². The van der Waals surface area contributed by atoms with Crippen LogP contribution in [0, 0.1) is 6.92 Å². The molecule has 122 valence electrons. The summed E-state index contributed by atoms with van der Waals surface area (Å²) in [4.78, 5) is 6.76. The first kappa shape index (κ1) is 15.8. The van der Waals surface area contributed by atoms with Gasteiger partial charge in [0.25, 0.3) is 0 Å². The molecule has 2 N–H and O–H groups in total. The number of hydrogen-bond acceptors (Lipinski definition) is 5. The summed E-state index contributed by atoms with van der Waals surface area (Å²) >= 11 is 0. The van der Waals surface area contributed by atoms with Crippen LogP contribution in [0.3, 0.4) is 0 Å². The van der Waals surface area contributed by atoms with Crippen LogP contribution in [0.15, 0.2) is 47.5 Å². The third-order valence-corrected chi connectivity index (χ3v) is 5.89. The topological polar surface area (TPSA) is 79.5 Å². The van der Waals surface area contributed by atoms with E-state index in [1.54, 1.807) is 30.5 Å². The van der Waals surface area contributed by atoms with Gasteiger partial charge in [-0.05, 0) is 48.9 Å². The van der Waals surface area contributed by atoms with Crippen LogP contribution in [0.25, 0.3) is 0 Å². The molecule has 0 aliphatic carbocycles. The predicted molar refractivity (Wildman–Crippen MR) is 90.8 cm³/mol. The summed E-state index contributed by atoms with van der Waals surface area (Å²) in [5.74, 6) is 0.898. The number of sulfonamides is 1. The first-order valence-electron chi connectivity index (χ1n) is 7.50. The molecule has 0 unspecified atom stereocenters. The lowest BCUT2D eigenvalue weighted by molar-refractivity contribution is 0.384. The number of aromatic nitrogens is 1. The molecule has 0 bridgehead atoms. The standard InChI is InChI=1S/C16H20N4O2S/c1-13-6-7-18-16(12-13)19-8-10-20(11-9-19)23(21,22)15-4-2-14(17)3-5-15/h2-7,12H,8-11,17H2,1H3. The summed E-state index contributed by atoms with van der Waals surface area (Å²) < 4.78 is 26.8. The number of nitrogen functional groups attached to an aromatic ring is 1. The van der Waals surface area contributed by atoms with Gasteiger partial charge in [-0.1, -0.05) is 0 Å². The minimum atomic E-state index is -3.46. The SMILES string of the molecule is Cc1ccnc(N2CCN(S(=O)(=O)c3ccc(N)cc3)CC2)c1. The predicted octanol–water partition coefficient (Wildman–Crippen LogP) is 1.48. The summed E-state index contributed by atoms with van der Waals surface area (Å²) in [6.07, 6.45) is 1.78. The Morgan fingerprint density at radius 3 is 2.30 bits per heavy atom. The number of pyridine rings is 1. The van der Waals surface area contributed by atoms with Crippen molar-refractivity contribution in [2.45, 2.75) is 11.8 Å². The van der Waals surface area contributed by atoms with E-state index in [4.69, 9.17) is 5.73 Å². The Hall–Kier alpha value is -2.12. The molecule has 0 radical (unpaired) electrons. The molecule has 2 aromatic rings. The molecule has 7 heteroatoms. The number of nitrogens with zero attached hydrogens (tertiary/aromatic N) is 3. The summed E-state index contributed by atoms with van der Waals surface area (Å²) in [6, 6.07) is 10.3. The maximum atomic E-state index is 12.6. The van der Waals surface area contributed by atoms with Crippen molar-refractivity contribution >= 4 is 21.5 Å². The maximum absolute atomic E-state index is 12.6. The second kappa shape index (κ2) is 6.17. The second-order valence-electron chi connectivity index (χ2n) is 5.65. The average Bonchev–Trinajstić information content (AvgIpc) is 2.55. The summed E-state index contributed by atoms with van der Waals surface area (Å²) in [5, 5.41) is 0. The van der Waals surface area contributed by atoms with Crippen molar-refractivity contribution in [3.05, 3.63) is 48.2 Å². The van der Waals surface area contributed by atoms with Gasteiger partial charge in [0.15, 0.2) is 0 Å². The molecule has 1 aromatic heterocycles. The van der Waals surface area contributed by atoms with Crippen molar-refractivity contribution in [3.63, 3.8) is 0 Å². The van der Waals surface area contributed by atoms with Gasteiger partial charge in [-0.3, -0.25) is 0 Å². The Morgan fingerprint density at radius 2 is 1.70 bits per heavy atom. The number of hydrogen-bond donors (Lipinski definition) is 1. The Bertz CT molecular complexity index is 782. The monoisotopic (exact) mass is 332 g/mol. The molecule has 1 aliphatic heterocycles. The van der Waals surface area contributed by atoms with Crippen molar-refractivity contribution in [1.82, 2.24) is 9.29 Å². The molecule has 3 rings (SSSR count). The van der Waals surface area contributed by atoms with Gasteiger partial charge in [-0.15, -0.1) is 0 Å². The smallest absolute Gasteiger partial charge is 0.243 e. The molecular weight excluding hydrogens is 312 g/mol. The van der Waals surface area contributed by atoms with Crippen molar-refractivity contribution in [3.8, 4) is 0 Å². The van der Waals surface area contributed by atoms with Gasteiger partial charge in [0.05, 0.1) is 4.90 Å². The summed E-state index contributed by atoms with van der Waals surface area (Å²) in [6.45, 7) is 4.17. The van der Waals surface area contributed by atoms with Gasteiger partial charge in [0.1, 0.15) is 5.82 Å². The first-order chi connectivity index (χ1) is 11.0. The van der Waals surface area contributed by atoms with Gasteiger partial charge in [0.2, 0.25) is 10.0 Å². The van der Waals surface area contributed by atoms with Crippen LogP contribution in [-0.4, -0.2) is 43.9 Å². The molecule has 0 atom stereocenters. The summed E-state index contributed by atoms with van der Waals surface area (Å²) in [7, 11) is -3.46. The highest BCUT2D eigenvalue weighted by atomic mass is 32.2. The van der Waals surface area contributed by atoms with E-state index >= 15 is 0 Å². The Balaban J connectivity index is 1.72. The number of aryl methyl sites for hydroxylation is 1. The largest absolute Gasteiger partial charge is 0.399 e. The fourth-order valence-corrected chi connectivity index (χ4v) is 4.06. The van der Waals surface area contributed by atoms with Crippen LogP contribution >= 0.6 is 0 Å². The van der Waals surface area contributed by atoms with Gasteiger partial charge in [-0.25, -0.2) is 13.4 Å². The van der Waals surface area contributed by atoms with Crippen LogP contribution in [0.2, 0.25) is 0 Å². The van der Waals surface area contributed by atoms with E-state index in [2.05, 4.69) is 9.88 Å². The second-order valence-corrected chi connectivity index (χ2v) is 7.59. The van der Waals surface area contributed by atoms with Crippen molar-refractivity contribution in [1.29, 1.82) is 0 Å². The van der Waals surface area contributed by atoms with Gasteiger partial charge >= 0.3 is 0 Å². The molecule has 1 aromatic carbocycles. The van der Waals surface area contributed by atoms with Crippen molar-refractivity contribution in [2.24, 2.45) is 0 Å². The Labute approximate surface area is 136 Å². The van der Waals surface area contributed by atoms with Crippen molar-refractivity contribution < 1.29 is 8.42 Å². The fraction of sp³-hybridized carbons (Fsp3) is 0.312. The fourth-order valence-electron chi connectivity index (χ4n) is 2.64. The van der Waals surface area contributed by atoms with Crippen LogP contribution in [0.1, 0.15) is 5.56 Å². The zero-order valence-electron chi connectivity index (χ0n) is 13.0. The number of rotatable bonds is 3. The highest BCUT2D eigenvalue weighted by molar-refractivity contribution is 7.89. The van der Waals surface area contributed by atoms with Crippen LogP contribution < -0.4 is 10.6 Å². The van der Waals surface area contributed by atoms with E-state index in [0.717, 1.165) is 11.4 Å². The van der Waals surface area contributed by atoms with E-state index < -0.39 is 10.0 Å². The van der Waals surface area contributed by atoms with Crippen LogP contribution in [0.5, 0.6) is 0 Å². The molecule has 0 spiro atoms. The van der Waals surface area contributed by atoms with Gasteiger partial charge in [-0.2, -0.15) is 4.31 Å². The van der Waals surface area contributed by atoms with E-state index in [9.17, 15) is 8.42 Å². The average molecular weight is 332 g/mol. The van der Waals surface area contributed by atoms with E-state index in [0.29, 0.717) is 31.9 Å². The van der Waals surface area contributed by atoms with Crippen molar-refractivity contribution in [2.75, 3.05) is 36.8 Å².